The number of ether oxygens (including phenoxy) is 1. The minimum absolute atomic E-state index is 0.167. The summed E-state index contributed by atoms with van der Waals surface area (Å²) in [5, 5.41) is 0.805. The summed E-state index contributed by atoms with van der Waals surface area (Å²) in [6.45, 7) is 1.95. The number of fused-ring (bicyclic) bond motifs is 2. The molecule has 1 aromatic heterocycles. The molecule has 0 amide bonds. The summed E-state index contributed by atoms with van der Waals surface area (Å²) in [6.07, 6.45) is 9.11. The molecule has 1 heterocycles. The lowest BCUT2D eigenvalue weighted by molar-refractivity contribution is 0.0475. The van der Waals surface area contributed by atoms with Crippen molar-refractivity contribution in [2.24, 2.45) is 5.92 Å². The molecule has 170 valence electrons. The SMILES string of the molecule is CC1CCc2nc3ccccc3c(C(=O)OCC(=O)c3ccc(C4CCCCC4)cc3)c2C1. The maximum Gasteiger partial charge on any atom is 0.339 e. The Kier molecular flexibility index (Phi) is 6.26. The van der Waals surface area contributed by atoms with E-state index in [1.807, 2.05) is 36.4 Å². The summed E-state index contributed by atoms with van der Waals surface area (Å²) < 4.78 is 5.58. The van der Waals surface area contributed by atoms with Crippen molar-refractivity contribution >= 4 is 22.7 Å². The fourth-order valence-corrected chi connectivity index (χ4v) is 5.46. The molecule has 0 N–H and O–H groups in total. The Hall–Kier alpha value is -3.01. The van der Waals surface area contributed by atoms with Crippen molar-refractivity contribution < 1.29 is 14.3 Å². The van der Waals surface area contributed by atoms with Crippen LogP contribution in [-0.2, 0) is 17.6 Å². The summed E-state index contributed by atoms with van der Waals surface area (Å²) in [6, 6.07) is 15.6. The van der Waals surface area contributed by atoms with E-state index >= 15 is 0 Å². The summed E-state index contributed by atoms with van der Waals surface area (Å²) in [4.78, 5) is 30.8. The minimum Gasteiger partial charge on any atom is -0.454 e. The molecule has 0 bridgehead atoms. The number of pyridine rings is 1. The number of benzene rings is 2. The Morgan fingerprint density at radius 3 is 2.52 bits per heavy atom. The normalized spacial score (nSPS) is 18.6. The third kappa shape index (κ3) is 4.57. The zero-order valence-corrected chi connectivity index (χ0v) is 19.3. The molecule has 1 atom stereocenters. The van der Waals surface area contributed by atoms with Crippen molar-refractivity contribution in [2.45, 2.75) is 64.2 Å². The van der Waals surface area contributed by atoms with Crippen LogP contribution in [0, 0.1) is 5.92 Å². The summed E-state index contributed by atoms with van der Waals surface area (Å²) in [7, 11) is 0. The predicted octanol–water partition coefficient (Wildman–Crippen LogP) is 6.45. The molecule has 4 heteroatoms. The van der Waals surface area contributed by atoms with Gasteiger partial charge in [0.2, 0.25) is 0 Å². The number of para-hydroxylation sites is 1. The van der Waals surface area contributed by atoms with Gasteiger partial charge in [0.15, 0.2) is 12.4 Å². The van der Waals surface area contributed by atoms with Crippen LogP contribution in [0.4, 0.5) is 0 Å². The number of aromatic nitrogens is 1. The quantitative estimate of drug-likeness (QED) is 0.337. The fraction of sp³-hybridized carbons (Fsp3) is 0.414. The third-order valence-electron chi connectivity index (χ3n) is 7.35. The molecule has 0 spiro atoms. The number of carbonyl (C=O) groups excluding carboxylic acids is 2. The van der Waals surface area contributed by atoms with E-state index in [9.17, 15) is 9.59 Å². The second-order valence-electron chi connectivity index (χ2n) is 9.73. The highest BCUT2D eigenvalue weighted by Gasteiger charge is 2.26. The Labute approximate surface area is 195 Å². The molecule has 3 aromatic rings. The molecule has 0 radical (unpaired) electrons. The number of Topliss-reactive ketones (excluding diaryl/α,β-unsaturated/α-hetero) is 1. The highest BCUT2D eigenvalue weighted by atomic mass is 16.5. The number of aryl methyl sites for hydroxylation is 1. The van der Waals surface area contributed by atoms with Crippen molar-refractivity contribution in [1.29, 1.82) is 0 Å². The van der Waals surface area contributed by atoms with Crippen molar-refractivity contribution in [1.82, 2.24) is 4.98 Å². The lowest BCUT2D eigenvalue weighted by atomic mass is 9.84. The second-order valence-corrected chi connectivity index (χ2v) is 9.73. The van der Waals surface area contributed by atoms with Gasteiger partial charge in [0.1, 0.15) is 0 Å². The highest BCUT2D eigenvalue weighted by Crippen LogP contribution is 2.33. The lowest BCUT2D eigenvalue weighted by Gasteiger charge is -2.24. The van der Waals surface area contributed by atoms with Crippen LogP contribution < -0.4 is 0 Å². The van der Waals surface area contributed by atoms with Crippen molar-refractivity contribution in [3.63, 3.8) is 0 Å². The predicted molar refractivity (Wildman–Crippen MR) is 130 cm³/mol. The first-order chi connectivity index (χ1) is 16.1. The molecular formula is C29H31NO3. The van der Waals surface area contributed by atoms with Gasteiger partial charge in [-0.3, -0.25) is 9.78 Å². The number of ketones is 1. The van der Waals surface area contributed by atoms with Gasteiger partial charge in [-0.2, -0.15) is 0 Å². The topological polar surface area (TPSA) is 56.3 Å². The molecule has 0 aliphatic heterocycles. The van der Waals surface area contributed by atoms with E-state index in [4.69, 9.17) is 9.72 Å². The van der Waals surface area contributed by atoms with Gasteiger partial charge < -0.3 is 4.74 Å². The zero-order chi connectivity index (χ0) is 22.8. The molecule has 1 unspecified atom stereocenters. The number of hydrogen-bond donors (Lipinski definition) is 0. The number of hydrogen-bond acceptors (Lipinski definition) is 4. The maximum absolute atomic E-state index is 13.2. The number of nitrogens with zero attached hydrogens (tertiary/aromatic N) is 1. The van der Waals surface area contributed by atoms with Crippen LogP contribution in [0.1, 0.15) is 88.9 Å². The Morgan fingerprint density at radius 2 is 1.73 bits per heavy atom. The number of esters is 1. The van der Waals surface area contributed by atoms with E-state index in [-0.39, 0.29) is 12.4 Å². The van der Waals surface area contributed by atoms with Crippen molar-refractivity contribution in [3.05, 3.63) is 76.5 Å². The zero-order valence-electron chi connectivity index (χ0n) is 19.3. The smallest absolute Gasteiger partial charge is 0.339 e. The van der Waals surface area contributed by atoms with Gasteiger partial charge >= 0.3 is 5.97 Å². The van der Waals surface area contributed by atoms with Crippen LogP contribution in [0.3, 0.4) is 0 Å². The van der Waals surface area contributed by atoms with E-state index < -0.39 is 5.97 Å². The fourth-order valence-electron chi connectivity index (χ4n) is 5.46. The van der Waals surface area contributed by atoms with Crippen molar-refractivity contribution in [3.8, 4) is 0 Å². The van der Waals surface area contributed by atoms with Crippen LogP contribution in [0.15, 0.2) is 48.5 Å². The molecule has 2 aliphatic rings. The van der Waals surface area contributed by atoms with Crippen molar-refractivity contribution in [2.75, 3.05) is 6.61 Å². The van der Waals surface area contributed by atoms with Crippen LogP contribution in [-0.4, -0.2) is 23.3 Å². The monoisotopic (exact) mass is 441 g/mol. The lowest BCUT2D eigenvalue weighted by Crippen LogP contribution is -2.21. The first-order valence-electron chi connectivity index (χ1n) is 12.3. The second kappa shape index (κ2) is 9.46. The molecule has 2 aromatic carbocycles. The van der Waals surface area contributed by atoms with Gasteiger partial charge in [-0.15, -0.1) is 0 Å². The van der Waals surface area contributed by atoms with Gasteiger partial charge in [0, 0.05) is 16.6 Å². The molecule has 4 nitrogen and oxygen atoms in total. The maximum atomic E-state index is 13.2. The average Bonchev–Trinajstić information content (AvgIpc) is 2.86. The van der Waals surface area contributed by atoms with E-state index in [1.54, 1.807) is 0 Å². The molecule has 0 saturated heterocycles. The first-order valence-corrected chi connectivity index (χ1v) is 12.3. The number of rotatable bonds is 5. The van der Waals surface area contributed by atoms with Gasteiger partial charge in [-0.1, -0.05) is 68.7 Å². The molecule has 1 saturated carbocycles. The number of carbonyl (C=O) groups is 2. The largest absolute Gasteiger partial charge is 0.454 e. The Balaban J connectivity index is 1.33. The van der Waals surface area contributed by atoms with Crippen LogP contribution in [0.5, 0.6) is 0 Å². The Morgan fingerprint density at radius 1 is 0.970 bits per heavy atom. The summed E-state index contributed by atoms with van der Waals surface area (Å²) >= 11 is 0. The molecular weight excluding hydrogens is 410 g/mol. The van der Waals surface area contributed by atoms with E-state index in [0.29, 0.717) is 23.0 Å². The van der Waals surface area contributed by atoms with Gasteiger partial charge in [-0.25, -0.2) is 4.79 Å². The van der Waals surface area contributed by atoms with E-state index in [1.165, 1.54) is 37.7 Å². The third-order valence-corrected chi connectivity index (χ3v) is 7.35. The standard InChI is InChI=1S/C29H31NO3/c1-19-11-16-26-24(17-19)28(23-9-5-6-10-25(23)30-26)29(32)33-18-27(31)22-14-12-21(13-15-22)20-7-3-2-4-8-20/h5-6,9-10,12-15,19-20H,2-4,7-8,11,16-18H2,1H3. The molecule has 33 heavy (non-hydrogen) atoms. The minimum atomic E-state index is -0.425. The van der Waals surface area contributed by atoms with Gasteiger partial charge in [-0.05, 0) is 61.1 Å². The van der Waals surface area contributed by atoms with Gasteiger partial charge in [0.05, 0.1) is 11.1 Å². The molecule has 2 aliphatic carbocycles. The Bertz CT molecular complexity index is 1180. The highest BCUT2D eigenvalue weighted by molar-refractivity contribution is 6.06. The van der Waals surface area contributed by atoms with Gasteiger partial charge in [0.25, 0.3) is 0 Å². The van der Waals surface area contributed by atoms with Crippen LogP contribution in [0.2, 0.25) is 0 Å². The average molecular weight is 442 g/mol. The molecule has 1 fully saturated rings. The summed E-state index contributed by atoms with van der Waals surface area (Å²) in [5.74, 6) is 0.510. The first kappa shape index (κ1) is 21.8. The molecule has 5 rings (SSSR count). The summed E-state index contributed by atoms with van der Waals surface area (Å²) in [5.41, 5.74) is 5.28. The van der Waals surface area contributed by atoms with Crippen LogP contribution >= 0.6 is 0 Å². The van der Waals surface area contributed by atoms with Crippen LogP contribution in [0.25, 0.3) is 10.9 Å². The van der Waals surface area contributed by atoms with E-state index in [0.717, 1.165) is 41.4 Å². The van der Waals surface area contributed by atoms with E-state index in [2.05, 4.69) is 19.1 Å².